The van der Waals surface area contributed by atoms with Crippen LogP contribution in [-0.4, -0.2) is 17.1 Å². The van der Waals surface area contributed by atoms with Gasteiger partial charge in [0, 0.05) is 0 Å². The molecule has 1 aliphatic heterocycles. The number of carbonyl (C=O) groups is 1. The largest absolute Gasteiger partial charge is 0.350 e. The number of carbonyl (C=O) groups excluding carboxylic acids is 1. The van der Waals surface area contributed by atoms with E-state index >= 15 is 0 Å². The molecule has 1 fully saturated rings. The van der Waals surface area contributed by atoms with Crippen molar-refractivity contribution in [3.63, 3.8) is 0 Å². The number of rotatable bonds is 2. The van der Waals surface area contributed by atoms with Crippen molar-refractivity contribution in [3.05, 3.63) is 0 Å². The summed E-state index contributed by atoms with van der Waals surface area (Å²) in [4.78, 5) is 11.1. The molecule has 11 heavy (non-hydrogen) atoms. The predicted molar refractivity (Wildman–Crippen MR) is 47.1 cm³/mol. The van der Waals surface area contributed by atoms with Gasteiger partial charge in [0.05, 0.1) is 0 Å². The average Bonchev–Trinajstić information content (AvgIpc) is 2.28. The van der Waals surface area contributed by atoms with Gasteiger partial charge in [-0.2, -0.15) is 0 Å². The molecule has 62 valence electrons. The molecule has 0 aromatic heterocycles. The SMILES string of the molecule is CC[C@H](C)[C@@H]1NC(=S)NC1=O. The average molecular weight is 172 g/mol. The normalized spacial score (nSPS) is 26.2. The molecule has 0 saturated carbocycles. The maximum absolute atomic E-state index is 11.1. The summed E-state index contributed by atoms with van der Waals surface area (Å²) in [6.45, 7) is 4.09. The third-order valence-corrected chi connectivity index (χ3v) is 2.24. The molecular weight excluding hydrogens is 160 g/mol. The molecule has 1 amide bonds. The molecule has 4 heteroatoms. The number of thiocarbonyl (C=S) groups is 1. The van der Waals surface area contributed by atoms with Gasteiger partial charge in [-0.05, 0) is 18.1 Å². The predicted octanol–water partition coefficient (Wildman–Crippen LogP) is 0.405. The van der Waals surface area contributed by atoms with Crippen LogP contribution in [0.2, 0.25) is 0 Å². The van der Waals surface area contributed by atoms with Gasteiger partial charge in [0.25, 0.3) is 0 Å². The van der Waals surface area contributed by atoms with Gasteiger partial charge < -0.3 is 10.6 Å². The van der Waals surface area contributed by atoms with Gasteiger partial charge in [-0.15, -0.1) is 0 Å². The fourth-order valence-electron chi connectivity index (χ4n) is 1.07. The van der Waals surface area contributed by atoms with Crippen molar-refractivity contribution in [3.8, 4) is 0 Å². The van der Waals surface area contributed by atoms with Crippen LogP contribution in [0.15, 0.2) is 0 Å². The Balaban J connectivity index is 2.59. The molecule has 0 aliphatic carbocycles. The first-order valence-electron chi connectivity index (χ1n) is 3.76. The molecule has 0 radical (unpaired) electrons. The highest BCUT2D eigenvalue weighted by Gasteiger charge is 2.30. The van der Waals surface area contributed by atoms with Crippen LogP contribution in [0.4, 0.5) is 0 Å². The maximum Gasteiger partial charge on any atom is 0.248 e. The van der Waals surface area contributed by atoms with Gasteiger partial charge >= 0.3 is 0 Å². The Kier molecular flexibility index (Phi) is 2.44. The van der Waals surface area contributed by atoms with Crippen molar-refractivity contribution < 1.29 is 4.79 Å². The Labute approximate surface area is 71.5 Å². The second kappa shape index (κ2) is 3.17. The zero-order chi connectivity index (χ0) is 8.43. The summed E-state index contributed by atoms with van der Waals surface area (Å²) in [5.41, 5.74) is 0. The Morgan fingerprint density at radius 3 is 2.73 bits per heavy atom. The highest BCUT2D eigenvalue weighted by atomic mass is 32.1. The molecular formula is C7H12N2OS. The summed E-state index contributed by atoms with van der Waals surface area (Å²) in [5.74, 6) is 0.347. The third kappa shape index (κ3) is 1.68. The van der Waals surface area contributed by atoms with Crippen molar-refractivity contribution in [1.29, 1.82) is 0 Å². The summed E-state index contributed by atoms with van der Waals surface area (Å²) in [6.07, 6.45) is 0.980. The molecule has 2 N–H and O–H groups in total. The van der Waals surface area contributed by atoms with E-state index in [0.717, 1.165) is 6.42 Å². The van der Waals surface area contributed by atoms with Crippen LogP contribution < -0.4 is 10.6 Å². The van der Waals surface area contributed by atoms with Gasteiger partial charge in [-0.25, -0.2) is 0 Å². The lowest BCUT2D eigenvalue weighted by Crippen LogP contribution is -2.35. The van der Waals surface area contributed by atoms with Gasteiger partial charge in [0.2, 0.25) is 5.91 Å². The van der Waals surface area contributed by atoms with E-state index in [4.69, 9.17) is 12.2 Å². The second-order valence-corrected chi connectivity index (χ2v) is 3.23. The molecule has 1 heterocycles. The van der Waals surface area contributed by atoms with E-state index in [1.54, 1.807) is 0 Å². The first-order chi connectivity index (χ1) is 5.15. The van der Waals surface area contributed by atoms with E-state index in [1.165, 1.54) is 0 Å². The van der Waals surface area contributed by atoms with E-state index in [1.807, 2.05) is 6.92 Å². The first-order valence-corrected chi connectivity index (χ1v) is 4.17. The quantitative estimate of drug-likeness (QED) is 0.593. The fourth-order valence-corrected chi connectivity index (χ4v) is 1.30. The molecule has 0 bridgehead atoms. The van der Waals surface area contributed by atoms with Crippen LogP contribution in [0.1, 0.15) is 20.3 Å². The zero-order valence-corrected chi connectivity index (χ0v) is 7.49. The number of amides is 1. The van der Waals surface area contributed by atoms with E-state index in [0.29, 0.717) is 11.0 Å². The van der Waals surface area contributed by atoms with Crippen LogP contribution in [0.25, 0.3) is 0 Å². The summed E-state index contributed by atoms with van der Waals surface area (Å²) in [7, 11) is 0. The summed E-state index contributed by atoms with van der Waals surface area (Å²) < 4.78 is 0. The van der Waals surface area contributed by atoms with Crippen molar-refractivity contribution in [1.82, 2.24) is 10.6 Å². The van der Waals surface area contributed by atoms with E-state index in [2.05, 4.69) is 17.6 Å². The first kappa shape index (κ1) is 8.46. The zero-order valence-electron chi connectivity index (χ0n) is 6.68. The maximum atomic E-state index is 11.1. The minimum Gasteiger partial charge on any atom is -0.350 e. The highest BCUT2D eigenvalue weighted by Crippen LogP contribution is 2.10. The van der Waals surface area contributed by atoms with Crippen LogP contribution in [0, 0.1) is 5.92 Å². The van der Waals surface area contributed by atoms with Crippen LogP contribution >= 0.6 is 12.2 Å². The second-order valence-electron chi connectivity index (χ2n) is 2.83. The highest BCUT2D eigenvalue weighted by molar-refractivity contribution is 7.80. The summed E-state index contributed by atoms with van der Waals surface area (Å²) in [6, 6.07) is -0.118. The van der Waals surface area contributed by atoms with Crippen molar-refractivity contribution in [2.75, 3.05) is 0 Å². The number of hydrogen-bond acceptors (Lipinski definition) is 2. The lowest BCUT2D eigenvalue weighted by molar-refractivity contribution is -0.121. The molecule has 0 aromatic carbocycles. The lowest BCUT2D eigenvalue weighted by Gasteiger charge is -2.13. The van der Waals surface area contributed by atoms with Gasteiger partial charge in [-0.1, -0.05) is 20.3 Å². The van der Waals surface area contributed by atoms with Crippen molar-refractivity contribution in [2.24, 2.45) is 5.92 Å². The summed E-state index contributed by atoms with van der Waals surface area (Å²) in [5, 5.41) is 5.95. The van der Waals surface area contributed by atoms with E-state index < -0.39 is 0 Å². The van der Waals surface area contributed by atoms with Gasteiger partial charge in [0.15, 0.2) is 5.11 Å². The summed E-state index contributed by atoms with van der Waals surface area (Å²) >= 11 is 4.80. The minimum atomic E-state index is -0.118. The number of hydrogen-bond donors (Lipinski definition) is 2. The topological polar surface area (TPSA) is 41.1 Å². The molecule has 0 spiro atoms. The Morgan fingerprint density at radius 1 is 1.73 bits per heavy atom. The van der Waals surface area contributed by atoms with Gasteiger partial charge in [-0.3, -0.25) is 4.79 Å². The molecule has 0 unspecified atom stereocenters. The standard InChI is InChI=1S/C7H12N2OS/c1-3-4(2)5-6(10)9-7(11)8-5/h4-5H,3H2,1-2H3,(H2,8,9,10,11)/t4-,5-/m0/s1. The van der Waals surface area contributed by atoms with Crippen LogP contribution in [-0.2, 0) is 4.79 Å². The van der Waals surface area contributed by atoms with Gasteiger partial charge in [0.1, 0.15) is 6.04 Å². The Hall–Kier alpha value is -0.640. The molecule has 2 atom stereocenters. The molecule has 3 nitrogen and oxygen atoms in total. The van der Waals surface area contributed by atoms with Crippen LogP contribution in [0.5, 0.6) is 0 Å². The third-order valence-electron chi connectivity index (χ3n) is 2.02. The van der Waals surface area contributed by atoms with Crippen LogP contribution in [0.3, 0.4) is 0 Å². The monoisotopic (exact) mass is 172 g/mol. The molecule has 1 rings (SSSR count). The smallest absolute Gasteiger partial charge is 0.248 e. The number of nitrogens with one attached hydrogen (secondary N) is 2. The Morgan fingerprint density at radius 2 is 2.36 bits per heavy atom. The van der Waals surface area contributed by atoms with E-state index in [9.17, 15) is 4.79 Å². The minimum absolute atomic E-state index is 0.00403. The van der Waals surface area contributed by atoms with E-state index in [-0.39, 0.29) is 11.9 Å². The lowest BCUT2D eigenvalue weighted by atomic mass is 10.00. The molecule has 1 aliphatic rings. The molecule has 1 saturated heterocycles. The fraction of sp³-hybridized carbons (Fsp3) is 0.714. The molecule has 0 aromatic rings. The van der Waals surface area contributed by atoms with Crippen molar-refractivity contribution >= 4 is 23.2 Å². The Bertz CT molecular complexity index is 193. The van der Waals surface area contributed by atoms with Crippen molar-refractivity contribution in [2.45, 2.75) is 26.3 Å².